The van der Waals surface area contributed by atoms with Crippen molar-refractivity contribution >= 4 is 9.76 Å². The van der Waals surface area contributed by atoms with Crippen LogP contribution in [0.2, 0.25) is 6.04 Å². The third-order valence-electron chi connectivity index (χ3n) is 2.88. The minimum Gasteiger partial charge on any atom is -0.418 e. The van der Waals surface area contributed by atoms with Crippen molar-refractivity contribution < 1.29 is 4.43 Å². The van der Waals surface area contributed by atoms with Crippen molar-refractivity contribution in [3.05, 3.63) is 0 Å². The number of hydrogen-bond donors (Lipinski definition) is 0. The monoisotopic (exact) mass is 242 g/mol. The minimum atomic E-state index is 0.744. The molecular weight excluding hydrogens is 212 g/mol. The summed E-state index contributed by atoms with van der Waals surface area (Å²) < 4.78 is 5.34. The standard InChI is InChI=1S/C14H30OSi/c1-3-5-6-7-8-9-10-11-12-13-14-16-15-4-2/h3-14H2,1-2H3. The highest BCUT2D eigenvalue weighted by atomic mass is 28.2. The molecule has 0 aliphatic carbocycles. The molecule has 0 rings (SSSR count). The molecule has 0 aliphatic heterocycles. The molecule has 0 spiro atoms. The van der Waals surface area contributed by atoms with Gasteiger partial charge in [0.1, 0.15) is 0 Å². The zero-order valence-electron chi connectivity index (χ0n) is 11.4. The smallest absolute Gasteiger partial charge is 0.229 e. The van der Waals surface area contributed by atoms with Gasteiger partial charge in [0.25, 0.3) is 0 Å². The van der Waals surface area contributed by atoms with E-state index in [4.69, 9.17) is 4.43 Å². The van der Waals surface area contributed by atoms with Gasteiger partial charge in [0.15, 0.2) is 0 Å². The molecule has 0 heterocycles. The Balaban J connectivity index is 2.83. The summed E-state index contributed by atoms with van der Waals surface area (Å²) in [7, 11) is 0.744. The minimum absolute atomic E-state index is 0.744. The van der Waals surface area contributed by atoms with Crippen LogP contribution in [0.4, 0.5) is 0 Å². The predicted octanol–water partition coefficient (Wildman–Crippen LogP) is 4.98. The summed E-state index contributed by atoms with van der Waals surface area (Å²) >= 11 is 0. The van der Waals surface area contributed by atoms with Crippen LogP contribution in [0, 0.1) is 0 Å². The van der Waals surface area contributed by atoms with Crippen LogP contribution in [-0.2, 0) is 4.43 Å². The molecule has 0 aromatic rings. The van der Waals surface area contributed by atoms with Crippen LogP contribution in [0.5, 0.6) is 0 Å². The van der Waals surface area contributed by atoms with Crippen LogP contribution >= 0.6 is 0 Å². The van der Waals surface area contributed by atoms with Gasteiger partial charge < -0.3 is 4.43 Å². The first-order chi connectivity index (χ1) is 7.91. The Hall–Kier alpha value is 0.177. The maximum atomic E-state index is 5.34. The molecule has 2 heteroatoms. The van der Waals surface area contributed by atoms with E-state index < -0.39 is 0 Å². The Morgan fingerprint density at radius 1 is 0.688 bits per heavy atom. The summed E-state index contributed by atoms with van der Waals surface area (Å²) in [6.07, 6.45) is 14.3. The molecule has 16 heavy (non-hydrogen) atoms. The van der Waals surface area contributed by atoms with Gasteiger partial charge in [-0.3, -0.25) is 0 Å². The summed E-state index contributed by atoms with van der Waals surface area (Å²) in [6.45, 7) is 5.24. The van der Waals surface area contributed by atoms with Gasteiger partial charge in [-0.25, -0.2) is 0 Å². The maximum Gasteiger partial charge on any atom is 0.229 e. The van der Waals surface area contributed by atoms with Crippen molar-refractivity contribution in [2.45, 2.75) is 84.1 Å². The van der Waals surface area contributed by atoms with E-state index in [1.807, 2.05) is 0 Å². The topological polar surface area (TPSA) is 9.23 Å². The molecule has 0 aromatic carbocycles. The fourth-order valence-corrected chi connectivity index (χ4v) is 2.60. The zero-order valence-corrected chi connectivity index (χ0v) is 12.4. The first-order valence-electron chi connectivity index (χ1n) is 7.26. The van der Waals surface area contributed by atoms with Crippen molar-refractivity contribution in [1.82, 2.24) is 0 Å². The van der Waals surface area contributed by atoms with Gasteiger partial charge in [0, 0.05) is 6.61 Å². The molecule has 0 aromatic heterocycles. The summed E-state index contributed by atoms with van der Waals surface area (Å²) in [5.74, 6) is 0. The Kier molecular flexibility index (Phi) is 15.3. The van der Waals surface area contributed by atoms with E-state index in [1.165, 1.54) is 70.3 Å². The molecular formula is C14H30OSi. The average molecular weight is 242 g/mol. The molecule has 0 aliphatic rings. The lowest BCUT2D eigenvalue weighted by atomic mass is 10.1. The molecule has 0 saturated heterocycles. The van der Waals surface area contributed by atoms with E-state index in [9.17, 15) is 0 Å². The highest BCUT2D eigenvalue weighted by Gasteiger charge is 1.93. The average Bonchev–Trinajstić information content (AvgIpc) is 2.31. The molecule has 1 nitrogen and oxygen atoms in total. The van der Waals surface area contributed by atoms with E-state index in [-0.39, 0.29) is 0 Å². The van der Waals surface area contributed by atoms with E-state index in [0.29, 0.717) is 0 Å². The highest BCUT2D eigenvalue weighted by molar-refractivity contribution is 6.26. The summed E-state index contributed by atoms with van der Waals surface area (Å²) in [6, 6.07) is 1.28. The second kappa shape index (κ2) is 15.2. The van der Waals surface area contributed by atoms with Gasteiger partial charge in [-0.05, 0) is 13.0 Å². The van der Waals surface area contributed by atoms with Gasteiger partial charge >= 0.3 is 0 Å². The van der Waals surface area contributed by atoms with Crippen LogP contribution in [0.3, 0.4) is 0 Å². The van der Waals surface area contributed by atoms with Crippen molar-refractivity contribution in [2.24, 2.45) is 0 Å². The molecule has 0 atom stereocenters. The van der Waals surface area contributed by atoms with Gasteiger partial charge in [-0.1, -0.05) is 71.1 Å². The normalized spacial score (nSPS) is 10.9. The second-order valence-electron chi connectivity index (χ2n) is 4.51. The van der Waals surface area contributed by atoms with E-state index >= 15 is 0 Å². The zero-order chi connectivity index (χ0) is 11.9. The van der Waals surface area contributed by atoms with Gasteiger partial charge in [0.05, 0.1) is 0 Å². The van der Waals surface area contributed by atoms with Gasteiger partial charge in [-0.15, -0.1) is 0 Å². The van der Waals surface area contributed by atoms with Crippen LogP contribution in [0.25, 0.3) is 0 Å². The van der Waals surface area contributed by atoms with Crippen LogP contribution in [0.15, 0.2) is 0 Å². The van der Waals surface area contributed by atoms with Crippen molar-refractivity contribution in [3.8, 4) is 0 Å². The Morgan fingerprint density at radius 2 is 1.19 bits per heavy atom. The highest BCUT2D eigenvalue weighted by Crippen LogP contribution is 2.11. The fourth-order valence-electron chi connectivity index (χ4n) is 1.86. The van der Waals surface area contributed by atoms with Crippen molar-refractivity contribution in [2.75, 3.05) is 6.61 Å². The Morgan fingerprint density at radius 3 is 1.69 bits per heavy atom. The largest absolute Gasteiger partial charge is 0.418 e. The lowest BCUT2D eigenvalue weighted by Gasteiger charge is -2.02. The number of rotatable bonds is 13. The van der Waals surface area contributed by atoms with Crippen LogP contribution in [0.1, 0.15) is 78.1 Å². The quantitative estimate of drug-likeness (QED) is 0.327. The maximum absolute atomic E-state index is 5.34. The molecule has 0 saturated carbocycles. The van der Waals surface area contributed by atoms with E-state index in [2.05, 4.69) is 13.8 Å². The Labute approximate surface area is 105 Å². The number of unbranched alkanes of at least 4 members (excludes halogenated alkanes) is 9. The number of hydrogen-bond acceptors (Lipinski definition) is 1. The molecule has 0 unspecified atom stereocenters. The van der Waals surface area contributed by atoms with Crippen molar-refractivity contribution in [1.29, 1.82) is 0 Å². The van der Waals surface area contributed by atoms with E-state index in [1.54, 1.807) is 0 Å². The Bertz CT molecular complexity index is 103. The second-order valence-corrected chi connectivity index (χ2v) is 5.59. The molecule has 0 N–H and O–H groups in total. The lowest BCUT2D eigenvalue weighted by molar-refractivity contribution is 0.358. The summed E-state index contributed by atoms with van der Waals surface area (Å²) in [4.78, 5) is 0. The fraction of sp³-hybridized carbons (Fsp3) is 1.00. The van der Waals surface area contributed by atoms with E-state index in [0.717, 1.165) is 16.4 Å². The molecule has 96 valence electrons. The summed E-state index contributed by atoms with van der Waals surface area (Å²) in [5.41, 5.74) is 0. The molecule has 2 radical (unpaired) electrons. The third kappa shape index (κ3) is 14.2. The molecule has 0 amide bonds. The SMILES string of the molecule is CCCCCCCCCCCC[Si]OCC. The van der Waals surface area contributed by atoms with Crippen LogP contribution in [-0.4, -0.2) is 16.4 Å². The predicted molar refractivity (Wildman–Crippen MR) is 74.0 cm³/mol. The lowest BCUT2D eigenvalue weighted by Crippen LogP contribution is -1.96. The molecule has 0 bridgehead atoms. The first-order valence-corrected chi connectivity index (χ1v) is 8.38. The van der Waals surface area contributed by atoms with Gasteiger partial charge in [-0.2, -0.15) is 0 Å². The van der Waals surface area contributed by atoms with Gasteiger partial charge in [0.2, 0.25) is 9.76 Å². The summed E-state index contributed by atoms with van der Waals surface area (Å²) in [5, 5.41) is 0. The molecule has 0 fully saturated rings. The first kappa shape index (κ1) is 16.2. The third-order valence-corrected chi connectivity index (χ3v) is 3.93. The van der Waals surface area contributed by atoms with Crippen LogP contribution < -0.4 is 0 Å². The van der Waals surface area contributed by atoms with Crippen molar-refractivity contribution in [3.63, 3.8) is 0 Å².